The van der Waals surface area contributed by atoms with Crippen molar-refractivity contribution in [2.75, 3.05) is 13.2 Å². The van der Waals surface area contributed by atoms with Gasteiger partial charge in [0, 0.05) is 37.1 Å². The molecular weight excluding hydrogens is 336 g/mol. The molecule has 0 saturated carbocycles. The lowest BCUT2D eigenvalue weighted by Gasteiger charge is -2.29. The van der Waals surface area contributed by atoms with Crippen molar-refractivity contribution in [1.29, 1.82) is 0 Å². The van der Waals surface area contributed by atoms with Crippen LogP contribution in [0.3, 0.4) is 0 Å². The maximum atomic E-state index is 12.9. The molecule has 25 heavy (non-hydrogen) atoms. The van der Waals surface area contributed by atoms with Crippen molar-refractivity contribution in [3.63, 3.8) is 0 Å². The second kappa shape index (κ2) is 8.97. The number of pyridine rings is 1. The zero-order valence-corrected chi connectivity index (χ0v) is 15.0. The van der Waals surface area contributed by atoms with Gasteiger partial charge in [0.25, 0.3) is 5.91 Å². The van der Waals surface area contributed by atoms with Crippen molar-refractivity contribution < 1.29 is 9.53 Å². The molecule has 4 nitrogen and oxygen atoms in total. The van der Waals surface area contributed by atoms with Gasteiger partial charge in [-0.3, -0.25) is 9.78 Å². The van der Waals surface area contributed by atoms with Gasteiger partial charge in [0.1, 0.15) is 6.10 Å². The highest BCUT2D eigenvalue weighted by Gasteiger charge is 2.26. The highest BCUT2D eigenvalue weighted by Crippen LogP contribution is 2.18. The van der Waals surface area contributed by atoms with Gasteiger partial charge < -0.3 is 9.64 Å². The SMILES string of the molecule is O=C(C1CCCCO1)N(CCc1ccc(Cl)cc1)Cc1ccncc1. The number of aromatic nitrogens is 1. The van der Waals surface area contributed by atoms with E-state index in [0.717, 1.165) is 36.3 Å². The normalized spacial score (nSPS) is 17.2. The Labute approximate surface area is 153 Å². The first-order valence-corrected chi connectivity index (χ1v) is 9.14. The molecule has 0 aliphatic carbocycles. The molecule has 1 aliphatic heterocycles. The Hall–Kier alpha value is -1.91. The number of hydrogen-bond donors (Lipinski definition) is 0. The summed E-state index contributed by atoms with van der Waals surface area (Å²) in [4.78, 5) is 18.9. The first-order valence-electron chi connectivity index (χ1n) is 8.76. The molecule has 1 aromatic carbocycles. The second-order valence-corrected chi connectivity index (χ2v) is 6.78. The zero-order chi connectivity index (χ0) is 17.5. The van der Waals surface area contributed by atoms with Crippen molar-refractivity contribution >= 4 is 17.5 Å². The molecule has 1 saturated heterocycles. The molecule has 1 atom stereocenters. The van der Waals surface area contributed by atoms with Crippen molar-refractivity contribution in [2.24, 2.45) is 0 Å². The molecule has 1 amide bonds. The maximum Gasteiger partial charge on any atom is 0.252 e. The Morgan fingerprint density at radius 3 is 2.56 bits per heavy atom. The number of carbonyl (C=O) groups is 1. The molecule has 1 unspecified atom stereocenters. The number of nitrogens with zero attached hydrogens (tertiary/aromatic N) is 2. The minimum absolute atomic E-state index is 0.0884. The lowest BCUT2D eigenvalue weighted by atomic mass is 10.1. The Morgan fingerprint density at radius 1 is 1.12 bits per heavy atom. The number of rotatable bonds is 6. The summed E-state index contributed by atoms with van der Waals surface area (Å²) in [5.41, 5.74) is 2.25. The van der Waals surface area contributed by atoms with Crippen LogP contribution in [0.2, 0.25) is 5.02 Å². The fraction of sp³-hybridized carbons (Fsp3) is 0.400. The number of halogens is 1. The molecule has 132 valence electrons. The third-order valence-corrected chi connectivity index (χ3v) is 4.73. The van der Waals surface area contributed by atoms with Gasteiger partial charge in [-0.15, -0.1) is 0 Å². The van der Waals surface area contributed by atoms with Crippen LogP contribution in [0.25, 0.3) is 0 Å². The molecule has 0 bridgehead atoms. The predicted molar refractivity (Wildman–Crippen MR) is 98.4 cm³/mol. The highest BCUT2D eigenvalue weighted by molar-refractivity contribution is 6.30. The Balaban J connectivity index is 1.68. The van der Waals surface area contributed by atoms with E-state index in [0.29, 0.717) is 19.7 Å². The number of ether oxygens (including phenoxy) is 1. The molecule has 0 N–H and O–H groups in total. The molecule has 1 aliphatic rings. The standard InChI is InChI=1S/C20H23ClN2O2/c21-18-6-4-16(5-7-18)10-13-23(15-17-8-11-22-12-9-17)20(24)19-3-1-2-14-25-19/h4-9,11-12,19H,1-3,10,13-15H2. The summed E-state index contributed by atoms with van der Waals surface area (Å²) in [6.45, 7) is 1.91. The molecular formula is C20H23ClN2O2. The third-order valence-electron chi connectivity index (χ3n) is 4.47. The highest BCUT2D eigenvalue weighted by atomic mass is 35.5. The van der Waals surface area contributed by atoms with Crippen LogP contribution in [-0.4, -0.2) is 35.0 Å². The van der Waals surface area contributed by atoms with Crippen LogP contribution in [-0.2, 0) is 22.5 Å². The minimum atomic E-state index is -0.305. The van der Waals surface area contributed by atoms with Crippen LogP contribution < -0.4 is 0 Å². The lowest BCUT2D eigenvalue weighted by molar-refractivity contribution is -0.147. The van der Waals surface area contributed by atoms with Crippen molar-refractivity contribution in [2.45, 2.75) is 38.3 Å². The van der Waals surface area contributed by atoms with Crippen LogP contribution in [0.15, 0.2) is 48.8 Å². The fourth-order valence-corrected chi connectivity index (χ4v) is 3.16. The van der Waals surface area contributed by atoms with Crippen LogP contribution >= 0.6 is 11.6 Å². The van der Waals surface area contributed by atoms with E-state index < -0.39 is 0 Å². The summed E-state index contributed by atoms with van der Waals surface area (Å²) in [7, 11) is 0. The van der Waals surface area contributed by atoms with Gasteiger partial charge in [0.05, 0.1) is 0 Å². The Morgan fingerprint density at radius 2 is 1.88 bits per heavy atom. The quantitative estimate of drug-likeness (QED) is 0.787. The van der Waals surface area contributed by atoms with Crippen molar-refractivity contribution in [3.05, 3.63) is 64.9 Å². The molecule has 2 heterocycles. The summed E-state index contributed by atoms with van der Waals surface area (Å²) >= 11 is 5.95. The van der Waals surface area contributed by atoms with Gasteiger partial charge in [0.2, 0.25) is 0 Å². The maximum absolute atomic E-state index is 12.9. The number of benzene rings is 1. The van der Waals surface area contributed by atoms with E-state index in [4.69, 9.17) is 16.3 Å². The fourth-order valence-electron chi connectivity index (χ4n) is 3.03. The van der Waals surface area contributed by atoms with Gasteiger partial charge in [-0.25, -0.2) is 0 Å². The molecule has 1 aromatic heterocycles. The van der Waals surface area contributed by atoms with E-state index in [-0.39, 0.29) is 12.0 Å². The Bertz CT molecular complexity index is 670. The van der Waals surface area contributed by atoms with Crippen LogP contribution in [0.1, 0.15) is 30.4 Å². The van der Waals surface area contributed by atoms with Crippen molar-refractivity contribution in [3.8, 4) is 0 Å². The summed E-state index contributed by atoms with van der Waals surface area (Å²) < 4.78 is 5.71. The topological polar surface area (TPSA) is 42.4 Å². The molecule has 0 radical (unpaired) electrons. The summed E-state index contributed by atoms with van der Waals surface area (Å²) in [5.74, 6) is 0.0884. The third kappa shape index (κ3) is 5.28. The Kier molecular flexibility index (Phi) is 6.42. The first-order chi connectivity index (χ1) is 12.2. The lowest BCUT2D eigenvalue weighted by Crippen LogP contribution is -2.42. The molecule has 3 rings (SSSR count). The molecule has 5 heteroatoms. The number of hydrogen-bond acceptors (Lipinski definition) is 3. The van der Waals surface area contributed by atoms with E-state index in [1.165, 1.54) is 5.56 Å². The van der Waals surface area contributed by atoms with Gasteiger partial charge >= 0.3 is 0 Å². The minimum Gasteiger partial charge on any atom is -0.368 e. The molecule has 0 spiro atoms. The van der Waals surface area contributed by atoms with E-state index in [1.54, 1.807) is 12.4 Å². The predicted octanol–water partition coefficient (Wildman–Crippen LogP) is 3.88. The van der Waals surface area contributed by atoms with Gasteiger partial charge in [0.15, 0.2) is 0 Å². The summed E-state index contributed by atoms with van der Waals surface area (Å²) in [6.07, 6.45) is 6.91. The van der Waals surface area contributed by atoms with Crippen LogP contribution in [0.5, 0.6) is 0 Å². The first kappa shape index (κ1) is 17.9. The zero-order valence-electron chi connectivity index (χ0n) is 14.2. The summed E-state index contributed by atoms with van der Waals surface area (Å²) in [6, 6.07) is 11.7. The second-order valence-electron chi connectivity index (χ2n) is 6.35. The molecule has 1 fully saturated rings. The van der Waals surface area contributed by atoms with Gasteiger partial charge in [-0.05, 0) is 61.1 Å². The van der Waals surface area contributed by atoms with E-state index >= 15 is 0 Å². The van der Waals surface area contributed by atoms with Crippen molar-refractivity contribution in [1.82, 2.24) is 9.88 Å². The van der Waals surface area contributed by atoms with Gasteiger partial charge in [-0.2, -0.15) is 0 Å². The number of amides is 1. The average molecular weight is 359 g/mol. The van der Waals surface area contributed by atoms with Crippen LogP contribution in [0.4, 0.5) is 0 Å². The van der Waals surface area contributed by atoms with E-state index in [2.05, 4.69) is 4.98 Å². The molecule has 2 aromatic rings. The smallest absolute Gasteiger partial charge is 0.252 e. The van der Waals surface area contributed by atoms with Gasteiger partial charge in [-0.1, -0.05) is 23.7 Å². The average Bonchev–Trinajstić information content (AvgIpc) is 2.67. The van der Waals surface area contributed by atoms with E-state index in [9.17, 15) is 4.79 Å². The largest absolute Gasteiger partial charge is 0.368 e. The number of carbonyl (C=O) groups excluding carboxylic acids is 1. The van der Waals surface area contributed by atoms with E-state index in [1.807, 2.05) is 41.3 Å². The summed E-state index contributed by atoms with van der Waals surface area (Å²) in [5, 5.41) is 0.726. The monoisotopic (exact) mass is 358 g/mol. The van der Waals surface area contributed by atoms with Crippen LogP contribution in [0, 0.1) is 0 Å².